The van der Waals surface area contributed by atoms with E-state index in [4.69, 9.17) is 9.47 Å². The number of aromatic nitrogens is 2. The Bertz CT molecular complexity index is 761. The number of hydrogen-bond donors (Lipinski definition) is 1. The maximum Gasteiger partial charge on any atom is 0.223 e. The normalized spacial score (nSPS) is 14.6. The summed E-state index contributed by atoms with van der Waals surface area (Å²) in [7, 11) is 0. The van der Waals surface area contributed by atoms with Crippen molar-refractivity contribution in [2.45, 2.75) is 33.2 Å². The Kier molecular flexibility index (Phi) is 4.64. The summed E-state index contributed by atoms with van der Waals surface area (Å²) in [5.41, 5.74) is 2.27. The third-order valence-electron chi connectivity index (χ3n) is 3.98. The van der Waals surface area contributed by atoms with E-state index in [9.17, 15) is 4.79 Å². The first-order valence-electron chi connectivity index (χ1n) is 8.05. The highest BCUT2D eigenvalue weighted by atomic mass is 16.5. The fourth-order valence-corrected chi connectivity index (χ4v) is 2.61. The Morgan fingerprint density at radius 3 is 2.71 bits per heavy atom. The van der Waals surface area contributed by atoms with E-state index < -0.39 is 0 Å². The maximum atomic E-state index is 11.5. The van der Waals surface area contributed by atoms with Crippen molar-refractivity contribution < 1.29 is 14.3 Å². The number of ketones is 1. The summed E-state index contributed by atoms with van der Waals surface area (Å²) in [6.07, 6.45) is 2.45. The third-order valence-corrected chi connectivity index (χ3v) is 3.98. The first-order chi connectivity index (χ1) is 11.5. The second kappa shape index (κ2) is 6.86. The van der Waals surface area contributed by atoms with Gasteiger partial charge in [-0.1, -0.05) is 6.07 Å². The molecule has 0 saturated heterocycles. The summed E-state index contributed by atoms with van der Waals surface area (Å²) in [5, 5.41) is 3.26. The van der Waals surface area contributed by atoms with Crippen LogP contribution in [0.3, 0.4) is 0 Å². The molecule has 1 aliphatic rings. The zero-order valence-electron chi connectivity index (χ0n) is 14.1. The average molecular weight is 327 g/mol. The van der Waals surface area contributed by atoms with Crippen LogP contribution in [0.25, 0.3) is 0 Å². The highest BCUT2D eigenvalue weighted by molar-refractivity contribution is 5.94. The lowest BCUT2D eigenvalue weighted by Crippen LogP contribution is -2.11. The molecule has 0 radical (unpaired) electrons. The Balaban J connectivity index is 1.77. The number of anilines is 1. The molecule has 0 amide bonds. The van der Waals surface area contributed by atoms with Gasteiger partial charge in [0.2, 0.25) is 5.95 Å². The Labute approximate surface area is 141 Å². The molecule has 6 heteroatoms. The van der Waals surface area contributed by atoms with Crippen molar-refractivity contribution >= 4 is 11.7 Å². The number of rotatable bonds is 4. The van der Waals surface area contributed by atoms with Gasteiger partial charge in [0.05, 0.1) is 30.5 Å². The molecular weight excluding hydrogens is 306 g/mol. The van der Waals surface area contributed by atoms with Gasteiger partial charge in [0.25, 0.3) is 0 Å². The Morgan fingerprint density at radius 1 is 1.25 bits per heavy atom. The van der Waals surface area contributed by atoms with Gasteiger partial charge in [-0.3, -0.25) is 4.79 Å². The van der Waals surface area contributed by atoms with E-state index in [-0.39, 0.29) is 11.8 Å². The van der Waals surface area contributed by atoms with Crippen LogP contribution >= 0.6 is 0 Å². The molecule has 3 rings (SSSR count). The van der Waals surface area contributed by atoms with Crippen LogP contribution in [0, 0.1) is 6.92 Å². The summed E-state index contributed by atoms with van der Waals surface area (Å²) in [6, 6.07) is 5.90. The summed E-state index contributed by atoms with van der Waals surface area (Å²) in [6.45, 7) is 6.68. The van der Waals surface area contributed by atoms with Gasteiger partial charge in [0, 0.05) is 12.6 Å². The third kappa shape index (κ3) is 3.48. The number of hydrogen-bond acceptors (Lipinski definition) is 6. The summed E-state index contributed by atoms with van der Waals surface area (Å²) in [5.74, 6) is 2.01. The second-order valence-electron chi connectivity index (χ2n) is 5.87. The van der Waals surface area contributed by atoms with Crippen LogP contribution in [0.4, 0.5) is 5.95 Å². The second-order valence-corrected chi connectivity index (χ2v) is 5.87. The first-order valence-corrected chi connectivity index (χ1v) is 8.05. The van der Waals surface area contributed by atoms with E-state index in [1.54, 1.807) is 6.20 Å². The number of aryl methyl sites for hydroxylation is 1. The molecule has 2 aromatic rings. The fraction of sp³-hybridized carbons (Fsp3) is 0.389. The highest BCUT2D eigenvalue weighted by Gasteiger charge is 2.15. The molecular formula is C18H21N3O3. The molecule has 0 fully saturated rings. The van der Waals surface area contributed by atoms with Crippen molar-refractivity contribution in [3.05, 3.63) is 41.2 Å². The molecule has 0 aliphatic carbocycles. The van der Waals surface area contributed by atoms with E-state index >= 15 is 0 Å². The van der Waals surface area contributed by atoms with E-state index in [0.29, 0.717) is 30.4 Å². The molecule has 126 valence electrons. The number of carbonyl (C=O) groups excluding carboxylic acids is 1. The molecule has 1 aromatic carbocycles. The number of ether oxygens (including phenoxy) is 2. The van der Waals surface area contributed by atoms with Gasteiger partial charge in [0.15, 0.2) is 17.3 Å². The number of carbonyl (C=O) groups is 1. The highest BCUT2D eigenvalue weighted by Crippen LogP contribution is 2.32. The van der Waals surface area contributed by atoms with Gasteiger partial charge in [-0.05, 0) is 38.5 Å². The molecule has 6 nitrogen and oxygen atoms in total. The van der Waals surface area contributed by atoms with E-state index in [1.807, 2.05) is 32.0 Å². The predicted molar refractivity (Wildman–Crippen MR) is 90.9 cm³/mol. The SMILES string of the molecule is CC(=O)c1cnc(N[C@H](C)c2ccc3c(c2)OCCCO3)nc1C. The average Bonchev–Trinajstić information content (AvgIpc) is 2.79. The van der Waals surface area contributed by atoms with Crippen LogP contribution in [0.2, 0.25) is 0 Å². The first kappa shape index (κ1) is 16.2. The van der Waals surface area contributed by atoms with E-state index in [2.05, 4.69) is 15.3 Å². The molecule has 0 saturated carbocycles. The smallest absolute Gasteiger partial charge is 0.223 e. The molecule has 1 N–H and O–H groups in total. The number of fused-ring (bicyclic) bond motifs is 1. The van der Waals surface area contributed by atoms with Crippen LogP contribution in [0.1, 0.15) is 47.9 Å². The minimum atomic E-state index is -0.0324. The van der Waals surface area contributed by atoms with Crippen molar-refractivity contribution in [1.82, 2.24) is 9.97 Å². The number of benzene rings is 1. The van der Waals surface area contributed by atoms with Crippen molar-refractivity contribution in [2.24, 2.45) is 0 Å². The van der Waals surface area contributed by atoms with Gasteiger partial charge < -0.3 is 14.8 Å². The van der Waals surface area contributed by atoms with Gasteiger partial charge in [-0.15, -0.1) is 0 Å². The minimum absolute atomic E-state index is 0.00951. The van der Waals surface area contributed by atoms with Crippen molar-refractivity contribution in [3.63, 3.8) is 0 Å². The lowest BCUT2D eigenvalue weighted by Gasteiger charge is -2.17. The zero-order valence-corrected chi connectivity index (χ0v) is 14.1. The van der Waals surface area contributed by atoms with E-state index in [1.165, 1.54) is 6.92 Å². The van der Waals surface area contributed by atoms with Crippen LogP contribution in [0.15, 0.2) is 24.4 Å². The molecule has 1 aromatic heterocycles. The van der Waals surface area contributed by atoms with Gasteiger partial charge >= 0.3 is 0 Å². The lowest BCUT2D eigenvalue weighted by atomic mass is 10.1. The number of nitrogens with one attached hydrogen (secondary N) is 1. The number of nitrogens with zero attached hydrogens (tertiary/aromatic N) is 2. The van der Waals surface area contributed by atoms with Crippen LogP contribution in [0.5, 0.6) is 11.5 Å². The lowest BCUT2D eigenvalue weighted by molar-refractivity contribution is 0.101. The Morgan fingerprint density at radius 2 is 2.00 bits per heavy atom. The van der Waals surface area contributed by atoms with Gasteiger partial charge in [-0.2, -0.15) is 0 Å². The number of Topliss-reactive ketones (excluding diaryl/α,β-unsaturated/α-hetero) is 1. The molecule has 0 unspecified atom stereocenters. The van der Waals surface area contributed by atoms with Crippen LogP contribution < -0.4 is 14.8 Å². The largest absolute Gasteiger partial charge is 0.490 e. The molecule has 0 spiro atoms. The standard InChI is InChI=1S/C18H21N3O3/c1-11(20-18-19-10-15(13(3)22)12(2)21-18)14-5-6-16-17(9-14)24-8-4-7-23-16/h5-6,9-11H,4,7-8H2,1-3H3,(H,19,20,21)/t11-/m1/s1. The van der Waals surface area contributed by atoms with Gasteiger partial charge in [-0.25, -0.2) is 9.97 Å². The zero-order chi connectivity index (χ0) is 17.1. The monoisotopic (exact) mass is 327 g/mol. The quantitative estimate of drug-likeness (QED) is 0.869. The van der Waals surface area contributed by atoms with Crippen LogP contribution in [-0.4, -0.2) is 29.0 Å². The molecule has 1 aliphatic heterocycles. The minimum Gasteiger partial charge on any atom is -0.490 e. The Hall–Kier alpha value is -2.63. The summed E-state index contributed by atoms with van der Waals surface area (Å²) < 4.78 is 11.4. The fourth-order valence-electron chi connectivity index (χ4n) is 2.61. The predicted octanol–water partition coefficient (Wildman–Crippen LogP) is 3.32. The molecule has 24 heavy (non-hydrogen) atoms. The topological polar surface area (TPSA) is 73.3 Å². The molecule has 1 atom stereocenters. The van der Waals surface area contributed by atoms with Crippen LogP contribution in [-0.2, 0) is 0 Å². The maximum absolute atomic E-state index is 11.5. The summed E-state index contributed by atoms with van der Waals surface area (Å²) in [4.78, 5) is 20.1. The molecule has 2 heterocycles. The van der Waals surface area contributed by atoms with Gasteiger partial charge in [0.1, 0.15) is 0 Å². The molecule has 0 bridgehead atoms. The van der Waals surface area contributed by atoms with Crippen molar-refractivity contribution in [3.8, 4) is 11.5 Å². The van der Waals surface area contributed by atoms with E-state index in [0.717, 1.165) is 23.5 Å². The van der Waals surface area contributed by atoms with Crippen molar-refractivity contribution in [2.75, 3.05) is 18.5 Å². The van der Waals surface area contributed by atoms with Crippen molar-refractivity contribution in [1.29, 1.82) is 0 Å². The summed E-state index contributed by atoms with van der Waals surface area (Å²) >= 11 is 0.